The summed E-state index contributed by atoms with van der Waals surface area (Å²) in [6, 6.07) is 23.6. The van der Waals surface area contributed by atoms with Gasteiger partial charge in [-0.3, -0.25) is 4.79 Å². The fourth-order valence-corrected chi connectivity index (χ4v) is 2.90. The molecule has 0 aliphatic carbocycles. The van der Waals surface area contributed by atoms with E-state index < -0.39 is 0 Å². The van der Waals surface area contributed by atoms with E-state index in [9.17, 15) is 4.79 Å². The van der Waals surface area contributed by atoms with Gasteiger partial charge in [0, 0.05) is 29.9 Å². The number of hydrogen-bond donors (Lipinski definition) is 2. The van der Waals surface area contributed by atoms with Gasteiger partial charge in [0.25, 0.3) is 0 Å². The number of ether oxygens (including phenoxy) is 1. The number of carbonyl (C=O) groups is 1. The topological polar surface area (TPSA) is 70.0 Å². The first-order valence-corrected chi connectivity index (χ1v) is 9.15. The van der Waals surface area contributed by atoms with Crippen LogP contribution in [0.1, 0.15) is 15.9 Å². The average molecular weight is 377 g/mol. The lowest BCUT2D eigenvalue weighted by Gasteiger charge is -2.23. The van der Waals surface area contributed by atoms with Crippen LogP contribution < -0.4 is 9.64 Å². The van der Waals surface area contributed by atoms with Crippen LogP contribution in [0.5, 0.6) is 11.5 Å². The average Bonchev–Trinajstić information content (AvgIpc) is 2.75. The van der Waals surface area contributed by atoms with Crippen molar-refractivity contribution in [2.24, 2.45) is 0 Å². The van der Waals surface area contributed by atoms with Crippen LogP contribution in [0.25, 0.3) is 0 Å². The SMILES string of the molecule is O=C(c1ccccc1)c1ccc(Oc2ccc(N(CCO)CCO)cc2)cc1. The van der Waals surface area contributed by atoms with E-state index in [1.807, 2.05) is 47.4 Å². The van der Waals surface area contributed by atoms with Crippen molar-refractivity contribution in [1.82, 2.24) is 0 Å². The first-order chi connectivity index (χ1) is 13.7. The predicted octanol–water partition coefficient (Wildman–Crippen LogP) is 3.50. The highest BCUT2D eigenvalue weighted by molar-refractivity contribution is 6.08. The third kappa shape index (κ3) is 4.97. The highest BCUT2D eigenvalue weighted by Crippen LogP contribution is 2.25. The first-order valence-electron chi connectivity index (χ1n) is 9.15. The van der Waals surface area contributed by atoms with Crippen LogP contribution >= 0.6 is 0 Å². The number of rotatable bonds is 9. The minimum Gasteiger partial charge on any atom is -0.457 e. The molecule has 0 heterocycles. The summed E-state index contributed by atoms with van der Waals surface area (Å²) in [5, 5.41) is 18.3. The van der Waals surface area contributed by atoms with Crippen molar-refractivity contribution in [2.75, 3.05) is 31.2 Å². The van der Waals surface area contributed by atoms with Gasteiger partial charge in [0.05, 0.1) is 13.2 Å². The Labute approximate surface area is 164 Å². The van der Waals surface area contributed by atoms with E-state index in [0.29, 0.717) is 35.7 Å². The van der Waals surface area contributed by atoms with Crippen LogP contribution in [0.4, 0.5) is 5.69 Å². The molecule has 0 aromatic heterocycles. The molecule has 3 aromatic carbocycles. The molecular formula is C23H23NO4. The van der Waals surface area contributed by atoms with Crippen LogP contribution in [0, 0.1) is 0 Å². The van der Waals surface area contributed by atoms with Crippen LogP contribution in [0.15, 0.2) is 78.9 Å². The van der Waals surface area contributed by atoms with E-state index in [-0.39, 0.29) is 19.0 Å². The molecule has 0 atom stereocenters. The fraction of sp³-hybridized carbons (Fsp3) is 0.174. The Balaban J connectivity index is 1.66. The predicted molar refractivity (Wildman–Crippen MR) is 109 cm³/mol. The van der Waals surface area contributed by atoms with Gasteiger partial charge in [0.1, 0.15) is 11.5 Å². The fourth-order valence-electron chi connectivity index (χ4n) is 2.90. The van der Waals surface area contributed by atoms with Crippen LogP contribution in [-0.2, 0) is 0 Å². The smallest absolute Gasteiger partial charge is 0.193 e. The molecule has 2 N–H and O–H groups in total. The van der Waals surface area contributed by atoms with E-state index in [4.69, 9.17) is 14.9 Å². The molecule has 3 rings (SSSR count). The van der Waals surface area contributed by atoms with E-state index >= 15 is 0 Å². The Hall–Kier alpha value is -3.15. The lowest BCUT2D eigenvalue weighted by molar-refractivity contribution is 0.103. The van der Waals surface area contributed by atoms with Crippen molar-refractivity contribution in [3.63, 3.8) is 0 Å². The van der Waals surface area contributed by atoms with Gasteiger partial charge in [0.15, 0.2) is 5.78 Å². The molecule has 5 nitrogen and oxygen atoms in total. The Morgan fingerprint density at radius 2 is 1.21 bits per heavy atom. The van der Waals surface area contributed by atoms with Crippen molar-refractivity contribution in [2.45, 2.75) is 0 Å². The first kappa shape index (κ1) is 19.6. The normalized spacial score (nSPS) is 10.5. The number of hydrogen-bond acceptors (Lipinski definition) is 5. The van der Waals surface area contributed by atoms with E-state index in [1.54, 1.807) is 36.4 Å². The molecule has 3 aromatic rings. The van der Waals surface area contributed by atoms with Gasteiger partial charge >= 0.3 is 0 Å². The van der Waals surface area contributed by atoms with Crippen LogP contribution in [0.2, 0.25) is 0 Å². The lowest BCUT2D eigenvalue weighted by atomic mass is 10.0. The van der Waals surface area contributed by atoms with Crippen molar-refractivity contribution in [3.8, 4) is 11.5 Å². The van der Waals surface area contributed by atoms with Gasteiger partial charge in [0.2, 0.25) is 0 Å². The molecule has 0 aliphatic rings. The quantitative estimate of drug-likeness (QED) is 0.559. The third-order valence-corrected chi connectivity index (χ3v) is 4.33. The number of carbonyl (C=O) groups excluding carboxylic acids is 1. The summed E-state index contributed by atoms with van der Waals surface area (Å²) in [5.74, 6) is 1.28. The molecule has 0 aliphatic heterocycles. The minimum absolute atomic E-state index is 0.0201. The van der Waals surface area contributed by atoms with Crippen LogP contribution in [0.3, 0.4) is 0 Å². The van der Waals surface area contributed by atoms with E-state index in [2.05, 4.69) is 0 Å². The van der Waals surface area contributed by atoms with Crippen molar-refractivity contribution in [1.29, 1.82) is 0 Å². The summed E-state index contributed by atoms with van der Waals surface area (Å²) in [5.41, 5.74) is 2.17. The second kappa shape index (κ2) is 9.69. The molecule has 144 valence electrons. The zero-order chi connectivity index (χ0) is 19.8. The Morgan fingerprint density at radius 1 is 0.714 bits per heavy atom. The number of nitrogens with zero attached hydrogens (tertiary/aromatic N) is 1. The molecule has 0 bridgehead atoms. The summed E-state index contributed by atoms with van der Waals surface area (Å²) < 4.78 is 5.84. The van der Waals surface area contributed by atoms with Gasteiger partial charge in [-0.05, 0) is 48.5 Å². The number of aliphatic hydroxyl groups is 2. The molecule has 0 spiro atoms. The molecular weight excluding hydrogens is 354 g/mol. The van der Waals surface area contributed by atoms with Crippen molar-refractivity contribution in [3.05, 3.63) is 90.0 Å². The molecule has 28 heavy (non-hydrogen) atoms. The summed E-state index contributed by atoms with van der Waals surface area (Å²) in [4.78, 5) is 14.3. The number of ketones is 1. The molecule has 0 radical (unpaired) electrons. The Bertz CT molecular complexity index is 871. The summed E-state index contributed by atoms with van der Waals surface area (Å²) >= 11 is 0. The molecule has 0 saturated heterocycles. The maximum Gasteiger partial charge on any atom is 0.193 e. The van der Waals surface area contributed by atoms with Crippen molar-refractivity contribution >= 4 is 11.5 Å². The Kier molecular flexibility index (Phi) is 6.78. The standard InChI is InChI=1S/C23H23NO4/c25-16-14-24(15-17-26)20-8-12-22(13-9-20)28-21-10-6-19(7-11-21)23(27)18-4-2-1-3-5-18/h1-13,25-26H,14-17H2. The lowest BCUT2D eigenvalue weighted by Crippen LogP contribution is -2.29. The van der Waals surface area contributed by atoms with Gasteiger partial charge in [-0.2, -0.15) is 0 Å². The molecule has 0 unspecified atom stereocenters. The maximum absolute atomic E-state index is 12.4. The maximum atomic E-state index is 12.4. The molecule has 0 saturated carbocycles. The number of anilines is 1. The number of aliphatic hydroxyl groups excluding tert-OH is 2. The highest BCUT2D eigenvalue weighted by Gasteiger charge is 2.09. The van der Waals surface area contributed by atoms with Gasteiger partial charge in [-0.15, -0.1) is 0 Å². The zero-order valence-electron chi connectivity index (χ0n) is 15.5. The van der Waals surface area contributed by atoms with E-state index in [1.165, 1.54) is 0 Å². The third-order valence-electron chi connectivity index (χ3n) is 4.33. The highest BCUT2D eigenvalue weighted by atomic mass is 16.5. The zero-order valence-corrected chi connectivity index (χ0v) is 15.5. The summed E-state index contributed by atoms with van der Waals surface area (Å²) in [6.45, 7) is 0.952. The summed E-state index contributed by atoms with van der Waals surface area (Å²) in [6.07, 6.45) is 0. The second-order valence-electron chi connectivity index (χ2n) is 6.25. The Morgan fingerprint density at radius 3 is 1.75 bits per heavy atom. The molecule has 0 fully saturated rings. The van der Waals surface area contributed by atoms with Gasteiger partial charge < -0.3 is 19.8 Å². The summed E-state index contributed by atoms with van der Waals surface area (Å²) in [7, 11) is 0. The number of benzene rings is 3. The molecule has 5 heteroatoms. The minimum atomic E-state index is -0.0237. The largest absolute Gasteiger partial charge is 0.457 e. The van der Waals surface area contributed by atoms with Crippen molar-refractivity contribution < 1.29 is 19.7 Å². The van der Waals surface area contributed by atoms with Gasteiger partial charge in [-0.1, -0.05) is 30.3 Å². The second-order valence-corrected chi connectivity index (χ2v) is 6.25. The van der Waals surface area contributed by atoms with E-state index in [0.717, 1.165) is 5.69 Å². The van der Waals surface area contributed by atoms with Crippen LogP contribution in [-0.4, -0.2) is 42.3 Å². The van der Waals surface area contributed by atoms with Gasteiger partial charge in [-0.25, -0.2) is 0 Å². The monoisotopic (exact) mass is 377 g/mol. The molecule has 0 amide bonds.